The highest BCUT2D eigenvalue weighted by Gasteiger charge is 2.20. The molecular weight excluding hydrogens is 437 g/mol. The molecular formula is C21H29ClFN5O2Si. The lowest BCUT2D eigenvalue weighted by atomic mass is 10.2. The number of fused-ring (bicyclic) bond motifs is 1. The Bertz CT molecular complexity index is 1010. The number of benzene rings is 1. The number of nitrogens with zero attached hydrogens (tertiary/aromatic N) is 5. The summed E-state index contributed by atoms with van der Waals surface area (Å²) in [6.07, 6.45) is 3.54. The second kappa shape index (κ2) is 10.5. The Morgan fingerprint density at radius 3 is 2.74 bits per heavy atom. The molecule has 2 aromatic heterocycles. The fourth-order valence-corrected chi connectivity index (χ4v) is 4.08. The van der Waals surface area contributed by atoms with E-state index in [2.05, 4.69) is 34.7 Å². The number of methoxy groups -OCH3 is 1. The Hall–Kier alpha value is -2.07. The van der Waals surface area contributed by atoms with Crippen molar-refractivity contribution >= 4 is 42.1 Å². The monoisotopic (exact) mass is 465 g/mol. The minimum absolute atomic E-state index is 0.00758. The molecule has 0 saturated heterocycles. The standard InChI is InChI=1S/C21H29ClFN5O2Si/c1-29-10-6-9-27(20-17(23)14-24-21(22)26-20)18-7-5-8-19-16(18)13-25-28(19)15-30-11-12-31(2,3)4/h5,7-8,13-14H,6,9-12,15H2,1-4H3. The molecule has 1 aromatic carbocycles. The molecule has 0 aliphatic rings. The Labute approximate surface area is 188 Å². The largest absolute Gasteiger partial charge is 0.385 e. The van der Waals surface area contributed by atoms with Crippen molar-refractivity contribution in [2.75, 3.05) is 31.8 Å². The van der Waals surface area contributed by atoms with Crippen LogP contribution in [0.2, 0.25) is 31.0 Å². The topological polar surface area (TPSA) is 65.3 Å². The maximum Gasteiger partial charge on any atom is 0.224 e. The fourth-order valence-electron chi connectivity index (χ4n) is 3.19. The van der Waals surface area contributed by atoms with Crippen LogP contribution >= 0.6 is 11.6 Å². The molecule has 0 radical (unpaired) electrons. The summed E-state index contributed by atoms with van der Waals surface area (Å²) in [4.78, 5) is 9.67. The maximum absolute atomic E-state index is 14.6. The molecule has 31 heavy (non-hydrogen) atoms. The average molecular weight is 466 g/mol. The Morgan fingerprint density at radius 1 is 1.19 bits per heavy atom. The average Bonchev–Trinajstić information content (AvgIpc) is 3.13. The van der Waals surface area contributed by atoms with Gasteiger partial charge in [0.25, 0.3) is 0 Å². The molecule has 3 rings (SSSR count). The smallest absolute Gasteiger partial charge is 0.224 e. The Balaban J connectivity index is 1.90. The van der Waals surface area contributed by atoms with E-state index in [0.717, 1.165) is 28.8 Å². The van der Waals surface area contributed by atoms with Crippen molar-refractivity contribution in [3.8, 4) is 0 Å². The number of hydrogen-bond donors (Lipinski definition) is 0. The van der Waals surface area contributed by atoms with Gasteiger partial charge in [-0.25, -0.2) is 14.1 Å². The molecule has 0 unspecified atom stereocenters. The zero-order valence-electron chi connectivity index (χ0n) is 18.4. The van der Waals surface area contributed by atoms with Gasteiger partial charge in [0, 0.05) is 40.3 Å². The second-order valence-electron chi connectivity index (χ2n) is 8.51. The highest BCUT2D eigenvalue weighted by molar-refractivity contribution is 6.76. The highest BCUT2D eigenvalue weighted by Crippen LogP contribution is 2.33. The third-order valence-electron chi connectivity index (χ3n) is 4.85. The van der Waals surface area contributed by atoms with Crippen LogP contribution in [-0.4, -0.2) is 54.7 Å². The van der Waals surface area contributed by atoms with E-state index in [4.69, 9.17) is 21.1 Å². The predicted octanol–water partition coefficient (Wildman–Crippen LogP) is 5.11. The van der Waals surface area contributed by atoms with Crippen LogP contribution < -0.4 is 4.90 Å². The summed E-state index contributed by atoms with van der Waals surface area (Å²) < 4.78 is 27.5. The molecule has 7 nitrogen and oxygen atoms in total. The Kier molecular flexibility index (Phi) is 7.98. The normalized spacial score (nSPS) is 11.9. The summed E-state index contributed by atoms with van der Waals surface area (Å²) in [5.74, 6) is -0.413. The van der Waals surface area contributed by atoms with Gasteiger partial charge in [0.2, 0.25) is 5.28 Å². The van der Waals surface area contributed by atoms with Crippen LogP contribution in [0.5, 0.6) is 0 Å². The third-order valence-corrected chi connectivity index (χ3v) is 6.73. The maximum atomic E-state index is 14.6. The molecule has 0 fully saturated rings. The van der Waals surface area contributed by atoms with E-state index >= 15 is 0 Å². The van der Waals surface area contributed by atoms with Crippen molar-refractivity contribution in [2.45, 2.75) is 38.8 Å². The van der Waals surface area contributed by atoms with Crippen molar-refractivity contribution in [1.29, 1.82) is 0 Å². The van der Waals surface area contributed by atoms with Gasteiger partial charge >= 0.3 is 0 Å². The van der Waals surface area contributed by atoms with Crippen LogP contribution in [0.15, 0.2) is 30.6 Å². The number of hydrogen-bond acceptors (Lipinski definition) is 6. The molecule has 0 atom stereocenters. The van der Waals surface area contributed by atoms with E-state index in [0.29, 0.717) is 32.9 Å². The number of ether oxygens (including phenoxy) is 2. The Morgan fingerprint density at radius 2 is 2.00 bits per heavy atom. The first-order valence-corrected chi connectivity index (χ1v) is 14.4. The van der Waals surface area contributed by atoms with E-state index in [1.165, 1.54) is 0 Å². The summed E-state index contributed by atoms with van der Waals surface area (Å²) in [6, 6.07) is 6.91. The van der Waals surface area contributed by atoms with Crippen LogP contribution in [-0.2, 0) is 16.2 Å². The van der Waals surface area contributed by atoms with E-state index < -0.39 is 13.9 Å². The van der Waals surface area contributed by atoms with Gasteiger partial charge < -0.3 is 14.4 Å². The van der Waals surface area contributed by atoms with Gasteiger partial charge in [0.15, 0.2) is 11.6 Å². The van der Waals surface area contributed by atoms with Crippen molar-refractivity contribution in [3.05, 3.63) is 41.7 Å². The van der Waals surface area contributed by atoms with E-state index in [1.807, 2.05) is 22.9 Å². The lowest BCUT2D eigenvalue weighted by Crippen LogP contribution is -2.22. The first-order valence-electron chi connectivity index (χ1n) is 10.3. The van der Waals surface area contributed by atoms with Gasteiger partial charge in [-0.05, 0) is 36.2 Å². The van der Waals surface area contributed by atoms with Crippen LogP contribution in [0.25, 0.3) is 10.9 Å². The summed E-state index contributed by atoms with van der Waals surface area (Å²) in [7, 11) is 0.488. The molecule has 0 spiro atoms. The quantitative estimate of drug-likeness (QED) is 0.223. The fraction of sp³-hybridized carbons (Fsp3) is 0.476. The predicted molar refractivity (Wildman–Crippen MR) is 124 cm³/mol. The van der Waals surface area contributed by atoms with Crippen molar-refractivity contribution < 1.29 is 13.9 Å². The van der Waals surface area contributed by atoms with E-state index in [1.54, 1.807) is 18.2 Å². The van der Waals surface area contributed by atoms with Gasteiger partial charge in [-0.2, -0.15) is 10.1 Å². The molecule has 3 aromatic rings. The van der Waals surface area contributed by atoms with Gasteiger partial charge in [-0.3, -0.25) is 0 Å². The van der Waals surface area contributed by atoms with Crippen LogP contribution in [0.3, 0.4) is 0 Å². The summed E-state index contributed by atoms with van der Waals surface area (Å²) in [5.41, 5.74) is 1.69. The molecule has 0 aliphatic heterocycles. The SMILES string of the molecule is COCCCN(c1nc(Cl)ncc1F)c1cccc2c1cnn2COCC[Si](C)(C)C. The number of halogens is 2. The lowest BCUT2D eigenvalue weighted by molar-refractivity contribution is 0.0817. The van der Waals surface area contributed by atoms with E-state index in [9.17, 15) is 4.39 Å². The zero-order valence-corrected chi connectivity index (χ0v) is 20.2. The molecule has 0 N–H and O–H groups in total. The first kappa shape index (κ1) is 23.6. The van der Waals surface area contributed by atoms with Crippen LogP contribution in [0, 0.1) is 5.82 Å². The first-order chi connectivity index (χ1) is 14.8. The highest BCUT2D eigenvalue weighted by atomic mass is 35.5. The van der Waals surface area contributed by atoms with Crippen molar-refractivity contribution in [3.63, 3.8) is 0 Å². The third kappa shape index (κ3) is 6.22. The zero-order chi connectivity index (χ0) is 22.4. The molecule has 0 aliphatic carbocycles. The van der Waals surface area contributed by atoms with Crippen molar-refractivity contribution in [1.82, 2.24) is 19.7 Å². The van der Waals surface area contributed by atoms with E-state index in [-0.39, 0.29) is 11.1 Å². The van der Waals surface area contributed by atoms with Gasteiger partial charge in [-0.1, -0.05) is 25.7 Å². The van der Waals surface area contributed by atoms with Crippen LogP contribution in [0.1, 0.15) is 6.42 Å². The molecule has 10 heteroatoms. The molecule has 0 saturated carbocycles. The minimum atomic E-state index is -1.15. The minimum Gasteiger partial charge on any atom is -0.385 e. The number of aromatic nitrogens is 4. The molecule has 0 amide bonds. The summed E-state index contributed by atoms with van der Waals surface area (Å²) >= 11 is 5.96. The lowest BCUT2D eigenvalue weighted by Gasteiger charge is -2.25. The second-order valence-corrected chi connectivity index (χ2v) is 14.5. The summed E-state index contributed by atoms with van der Waals surface area (Å²) in [6.45, 7) is 9.08. The van der Waals surface area contributed by atoms with Crippen molar-refractivity contribution in [2.24, 2.45) is 0 Å². The number of rotatable bonds is 11. The van der Waals surface area contributed by atoms with Crippen LogP contribution in [0.4, 0.5) is 15.9 Å². The summed E-state index contributed by atoms with van der Waals surface area (Å²) in [5, 5.41) is 5.37. The molecule has 168 valence electrons. The van der Waals surface area contributed by atoms with Gasteiger partial charge in [0.1, 0.15) is 6.73 Å². The molecule has 0 bridgehead atoms. The van der Waals surface area contributed by atoms with Gasteiger partial charge in [-0.15, -0.1) is 0 Å². The molecule has 2 heterocycles. The van der Waals surface area contributed by atoms with Gasteiger partial charge in [0.05, 0.1) is 23.6 Å². The number of anilines is 2.